The maximum atomic E-state index is 13.1. The molecule has 222 valence electrons. The van der Waals surface area contributed by atoms with Crippen molar-refractivity contribution in [1.29, 1.82) is 5.41 Å². The number of nitrogens with zero attached hydrogens (tertiary/aromatic N) is 3. The number of alkyl halides is 2. The number of aromatic nitrogens is 2. The number of benzene rings is 1. The molecule has 8 nitrogen and oxygen atoms in total. The summed E-state index contributed by atoms with van der Waals surface area (Å²) < 4.78 is 28.2. The van der Waals surface area contributed by atoms with Gasteiger partial charge in [0.2, 0.25) is 5.95 Å². The Kier molecular flexibility index (Phi) is 9.59. The second kappa shape index (κ2) is 12.8. The molecule has 4 rings (SSSR count). The summed E-state index contributed by atoms with van der Waals surface area (Å²) >= 11 is 0.756. The molecule has 0 bridgehead atoms. The van der Waals surface area contributed by atoms with Gasteiger partial charge < -0.3 is 14.8 Å². The zero-order chi connectivity index (χ0) is 29.9. The van der Waals surface area contributed by atoms with Gasteiger partial charge in [-0.05, 0) is 60.4 Å². The van der Waals surface area contributed by atoms with Gasteiger partial charge >= 0.3 is 0 Å². The Balaban J connectivity index is 1.63. The van der Waals surface area contributed by atoms with Crippen LogP contribution in [0.1, 0.15) is 80.4 Å². The summed E-state index contributed by atoms with van der Waals surface area (Å²) in [7, 11) is 0. The molecule has 1 saturated heterocycles. The number of imidazole rings is 1. The van der Waals surface area contributed by atoms with E-state index in [0.29, 0.717) is 37.5 Å². The van der Waals surface area contributed by atoms with Crippen molar-refractivity contribution in [3.63, 3.8) is 0 Å². The van der Waals surface area contributed by atoms with Gasteiger partial charge in [-0.1, -0.05) is 40.7 Å². The lowest BCUT2D eigenvalue weighted by Crippen LogP contribution is -2.42. The molecule has 3 heterocycles. The zero-order valence-electron chi connectivity index (χ0n) is 24.4. The van der Waals surface area contributed by atoms with Gasteiger partial charge in [0.1, 0.15) is 0 Å². The van der Waals surface area contributed by atoms with Gasteiger partial charge in [-0.15, -0.1) is 11.3 Å². The smallest absolute Gasteiger partial charge is 0.272 e. The first-order valence-corrected chi connectivity index (χ1v) is 14.9. The Bertz CT molecular complexity index is 1410. The van der Waals surface area contributed by atoms with Gasteiger partial charge in [0, 0.05) is 26.2 Å². The lowest BCUT2D eigenvalue weighted by molar-refractivity contribution is -0.125. The number of carbonyl (C=O) groups excluding carboxylic acids is 2. The Labute approximate surface area is 244 Å². The number of hydrogen-bond donors (Lipinski definition) is 3. The Morgan fingerprint density at radius 1 is 1.20 bits per heavy atom. The summed E-state index contributed by atoms with van der Waals surface area (Å²) in [6.07, 6.45) is -0.623. The summed E-state index contributed by atoms with van der Waals surface area (Å²) in [5, 5.41) is 14.6. The van der Waals surface area contributed by atoms with Crippen molar-refractivity contribution < 1.29 is 18.4 Å². The molecule has 0 saturated carbocycles. The van der Waals surface area contributed by atoms with Crippen LogP contribution in [-0.4, -0.2) is 51.1 Å². The van der Waals surface area contributed by atoms with Gasteiger partial charge in [-0.25, -0.2) is 13.8 Å². The number of hydrogen-bond acceptors (Lipinski definition) is 6. The highest BCUT2D eigenvalue weighted by Crippen LogP contribution is 2.29. The van der Waals surface area contributed by atoms with Crippen LogP contribution in [0.2, 0.25) is 0 Å². The molecule has 1 aliphatic heterocycles. The fourth-order valence-electron chi connectivity index (χ4n) is 5.08. The largest absolute Gasteiger partial charge is 0.333 e. The van der Waals surface area contributed by atoms with Crippen LogP contribution in [0.25, 0.3) is 11.0 Å². The third-order valence-corrected chi connectivity index (χ3v) is 8.08. The highest BCUT2D eigenvalue weighted by molar-refractivity contribution is 7.14. The zero-order valence-corrected chi connectivity index (χ0v) is 25.2. The van der Waals surface area contributed by atoms with E-state index in [2.05, 4.69) is 31.4 Å². The quantitative estimate of drug-likeness (QED) is 0.224. The predicted molar refractivity (Wildman–Crippen MR) is 160 cm³/mol. The molecule has 1 atom stereocenters. The van der Waals surface area contributed by atoms with Crippen molar-refractivity contribution >= 4 is 45.8 Å². The van der Waals surface area contributed by atoms with Crippen LogP contribution < -0.4 is 10.6 Å². The van der Waals surface area contributed by atoms with Crippen molar-refractivity contribution in [3.8, 4) is 0 Å². The fraction of sp³-hybridized carbons (Fsp3) is 0.533. The molecule has 0 spiro atoms. The van der Waals surface area contributed by atoms with Crippen LogP contribution >= 0.6 is 11.3 Å². The maximum Gasteiger partial charge on any atom is 0.272 e. The third-order valence-electron chi connectivity index (χ3n) is 6.99. The number of thiophene rings is 1. The Morgan fingerprint density at radius 2 is 1.95 bits per heavy atom. The van der Waals surface area contributed by atoms with Crippen LogP contribution in [-0.2, 0) is 17.9 Å². The van der Waals surface area contributed by atoms with E-state index in [1.807, 2.05) is 36.6 Å². The molecule has 3 aromatic rings. The van der Waals surface area contributed by atoms with Crippen LogP contribution in [0.3, 0.4) is 0 Å². The fourth-order valence-corrected chi connectivity index (χ4v) is 5.83. The number of halogens is 2. The lowest BCUT2D eigenvalue weighted by Gasteiger charge is -2.26. The molecular formula is C30H40F2N6O2S. The molecule has 1 fully saturated rings. The third kappa shape index (κ3) is 7.77. The highest BCUT2D eigenvalue weighted by Gasteiger charge is 2.32. The summed E-state index contributed by atoms with van der Waals surface area (Å²) in [6, 6.07) is 8.46. The molecule has 0 radical (unpaired) electrons. The SMILES string of the molecule is CC(C)CC(=N)C(=O)N1CCCC1Cn1c(NC(=O)c2ccc(C(F)F)s2)nc2cc(CNCC(C)(C)C)ccc21. The van der Waals surface area contributed by atoms with E-state index in [9.17, 15) is 18.4 Å². The Morgan fingerprint density at radius 3 is 2.61 bits per heavy atom. The number of rotatable bonds is 11. The molecule has 1 unspecified atom stereocenters. The minimum atomic E-state index is -2.64. The van der Waals surface area contributed by atoms with E-state index in [-0.39, 0.29) is 38.7 Å². The van der Waals surface area contributed by atoms with E-state index in [1.165, 1.54) is 12.1 Å². The van der Waals surface area contributed by atoms with Crippen molar-refractivity contribution in [2.24, 2.45) is 11.3 Å². The van der Waals surface area contributed by atoms with Gasteiger partial charge in [0.15, 0.2) is 0 Å². The van der Waals surface area contributed by atoms with Gasteiger partial charge in [0.25, 0.3) is 18.2 Å². The van der Waals surface area contributed by atoms with Crippen molar-refractivity contribution in [2.75, 3.05) is 18.4 Å². The predicted octanol–water partition coefficient (Wildman–Crippen LogP) is 6.48. The second-order valence-corrected chi connectivity index (χ2v) is 13.5. The Hall–Kier alpha value is -3.18. The van der Waals surface area contributed by atoms with E-state index >= 15 is 0 Å². The van der Waals surface area contributed by atoms with Crippen LogP contribution in [0, 0.1) is 16.7 Å². The van der Waals surface area contributed by atoms with Crippen molar-refractivity contribution in [1.82, 2.24) is 19.8 Å². The maximum absolute atomic E-state index is 13.1. The molecule has 41 heavy (non-hydrogen) atoms. The first-order valence-electron chi connectivity index (χ1n) is 14.1. The molecule has 2 aromatic heterocycles. The van der Waals surface area contributed by atoms with Gasteiger partial charge in [-0.3, -0.25) is 20.3 Å². The molecule has 1 aliphatic rings. The number of anilines is 1. The van der Waals surface area contributed by atoms with Crippen LogP contribution in [0.4, 0.5) is 14.7 Å². The minimum absolute atomic E-state index is 0.107. The second-order valence-electron chi connectivity index (χ2n) is 12.4. The molecule has 11 heteroatoms. The average Bonchev–Trinajstić information content (AvgIpc) is 3.62. The normalized spacial score (nSPS) is 15.8. The monoisotopic (exact) mass is 586 g/mol. The number of fused-ring (bicyclic) bond motifs is 1. The first-order chi connectivity index (χ1) is 19.3. The number of likely N-dealkylation sites (tertiary alicyclic amines) is 1. The van der Waals surface area contributed by atoms with E-state index in [4.69, 9.17) is 10.4 Å². The number of amides is 2. The van der Waals surface area contributed by atoms with Crippen molar-refractivity contribution in [3.05, 3.63) is 45.6 Å². The van der Waals surface area contributed by atoms with E-state index < -0.39 is 12.3 Å². The van der Waals surface area contributed by atoms with Gasteiger partial charge in [-0.2, -0.15) is 0 Å². The van der Waals surface area contributed by atoms with Crippen LogP contribution in [0.5, 0.6) is 0 Å². The standard InChI is InChI=1S/C30H40F2N6O2S/c1-18(2)13-21(33)28(40)37-12-6-7-20(37)16-38-23-9-8-19(15-34-17-30(3,4)5)14-22(23)35-29(38)36-27(39)25-11-10-24(41-25)26(31)32/h8-11,14,18,20,26,33-34H,6-7,12-13,15-17H2,1-5H3,(H,35,36,39). The molecule has 2 amide bonds. The number of carbonyl (C=O) groups is 2. The summed E-state index contributed by atoms with van der Waals surface area (Å²) in [4.78, 5) is 32.7. The minimum Gasteiger partial charge on any atom is -0.333 e. The lowest BCUT2D eigenvalue weighted by atomic mass is 9.97. The van der Waals surface area contributed by atoms with E-state index in [0.717, 1.165) is 41.8 Å². The molecular weight excluding hydrogens is 546 g/mol. The molecule has 3 N–H and O–H groups in total. The molecule has 0 aliphatic carbocycles. The average molecular weight is 587 g/mol. The highest BCUT2D eigenvalue weighted by atomic mass is 32.1. The summed E-state index contributed by atoms with van der Waals surface area (Å²) in [5.41, 5.74) is 2.79. The summed E-state index contributed by atoms with van der Waals surface area (Å²) in [5.74, 6) is -0.250. The van der Waals surface area contributed by atoms with Crippen molar-refractivity contribution in [2.45, 2.75) is 79.4 Å². The number of nitrogens with one attached hydrogen (secondary N) is 3. The first kappa shape index (κ1) is 30.8. The van der Waals surface area contributed by atoms with Crippen LogP contribution in [0.15, 0.2) is 30.3 Å². The summed E-state index contributed by atoms with van der Waals surface area (Å²) in [6.45, 7) is 12.9. The topological polar surface area (TPSA) is 103 Å². The molecule has 1 aromatic carbocycles. The van der Waals surface area contributed by atoms with E-state index in [1.54, 1.807) is 4.90 Å². The van der Waals surface area contributed by atoms with Gasteiger partial charge in [0.05, 0.1) is 32.5 Å².